The third kappa shape index (κ3) is 3.39. The number of anilines is 2. The highest BCUT2D eigenvalue weighted by atomic mass is 16.5. The van der Waals surface area contributed by atoms with Gasteiger partial charge in [-0.25, -0.2) is 4.99 Å². The van der Waals surface area contributed by atoms with E-state index < -0.39 is 0 Å². The lowest BCUT2D eigenvalue weighted by atomic mass is 10.1. The van der Waals surface area contributed by atoms with Crippen LogP contribution in [-0.4, -0.2) is 36.2 Å². The zero-order valence-corrected chi connectivity index (χ0v) is 15.7. The highest BCUT2D eigenvalue weighted by molar-refractivity contribution is 6.04. The molecule has 2 aliphatic rings. The number of benzene rings is 2. The summed E-state index contributed by atoms with van der Waals surface area (Å²) in [6.07, 6.45) is 7.08. The maximum absolute atomic E-state index is 9.19. The number of nitrogens with zero attached hydrogens (tertiary/aromatic N) is 2. The smallest absolute Gasteiger partial charge is 0.162 e. The average molecular weight is 378 g/mol. The Morgan fingerprint density at radius 1 is 1.07 bits per heavy atom. The molecular weight excluding hydrogens is 356 g/mol. The van der Waals surface area contributed by atoms with Crippen molar-refractivity contribution in [1.82, 2.24) is 4.90 Å². The second-order valence-corrected chi connectivity index (χ2v) is 6.48. The van der Waals surface area contributed by atoms with Crippen LogP contribution in [0.4, 0.5) is 11.4 Å². The van der Waals surface area contributed by atoms with Crippen LogP contribution in [0.1, 0.15) is 12.0 Å². The molecule has 2 aromatic rings. The molecule has 0 fully saturated rings. The predicted octanol–water partition coefficient (Wildman–Crippen LogP) is 3.92. The Kier molecular flexibility index (Phi) is 4.90. The summed E-state index contributed by atoms with van der Waals surface area (Å²) in [5.41, 5.74) is 5.38. The Morgan fingerprint density at radius 2 is 1.93 bits per heavy atom. The van der Waals surface area contributed by atoms with Crippen molar-refractivity contribution in [3.8, 4) is 11.5 Å². The standard InChI is InChI=1S/C21H22N4O3/c1-27-19-9-8-15(12-20(19)28-2)22-21-18-7-4-10-25(18)13-17(23-21)14-5-3-6-16(11-14)24-26/h3-6,8-13,18,24,26H,7H2,1-2H3,(H,22,23). The van der Waals surface area contributed by atoms with Crippen LogP contribution in [0.2, 0.25) is 0 Å². The second-order valence-electron chi connectivity index (χ2n) is 6.48. The number of ether oxygens (including phenoxy) is 2. The van der Waals surface area contributed by atoms with Crippen molar-refractivity contribution in [2.45, 2.75) is 12.5 Å². The van der Waals surface area contributed by atoms with Gasteiger partial charge < -0.3 is 19.7 Å². The molecule has 7 heteroatoms. The van der Waals surface area contributed by atoms with E-state index in [1.807, 2.05) is 42.6 Å². The number of hydrogen-bond acceptors (Lipinski definition) is 7. The fraction of sp³-hybridized carbons (Fsp3) is 0.190. The summed E-state index contributed by atoms with van der Waals surface area (Å²) < 4.78 is 10.7. The van der Waals surface area contributed by atoms with Crippen molar-refractivity contribution in [3.63, 3.8) is 0 Å². The first-order chi connectivity index (χ1) is 13.7. The fourth-order valence-electron chi connectivity index (χ4n) is 3.36. The molecule has 144 valence electrons. The number of aliphatic imine (C=N–C) groups is 1. The minimum atomic E-state index is 0.121. The maximum atomic E-state index is 9.19. The van der Waals surface area contributed by atoms with Gasteiger partial charge in [-0.15, -0.1) is 0 Å². The van der Waals surface area contributed by atoms with Crippen molar-refractivity contribution < 1.29 is 14.7 Å². The van der Waals surface area contributed by atoms with E-state index in [0.717, 1.165) is 29.2 Å². The van der Waals surface area contributed by atoms with Crippen molar-refractivity contribution in [3.05, 3.63) is 66.5 Å². The molecule has 2 aliphatic heterocycles. The third-order valence-electron chi connectivity index (χ3n) is 4.77. The molecule has 0 spiro atoms. The van der Waals surface area contributed by atoms with E-state index >= 15 is 0 Å². The van der Waals surface area contributed by atoms with Gasteiger partial charge in [0.1, 0.15) is 5.84 Å². The predicted molar refractivity (Wildman–Crippen MR) is 110 cm³/mol. The van der Waals surface area contributed by atoms with Gasteiger partial charge in [0.2, 0.25) is 0 Å². The molecule has 2 aromatic carbocycles. The van der Waals surface area contributed by atoms with Crippen molar-refractivity contribution in [1.29, 1.82) is 0 Å². The molecule has 7 nitrogen and oxygen atoms in total. The second kappa shape index (κ2) is 7.66. The van der Waals surface area contributed by atoms with Crippen LogP contribution < -0.4 is 20.3 Å². The van der Waals surface area contributed by atoms with Gasteiger partial charge in [0.05, 0.1) is 31.6 Å². The first kappa shape index (κ1) is 17.9. The molecule has 1 atom stereocenters. The fourth-order valence-corrected chi connectivity index (χ4v) is 3.36. The van der Waals surface area contributed by atoms with Gasteiger partial charge in [-0.3, -0.25) is 10.7 Å². The van der Waals surface area contributed by atoms with Crippen LogP contribution >= 0.6 is 0 Å². The molecule has 2 heterocycles. The zero-order valence-electron chi connectivity index (χ0n) is 15.7. The molecule has 0 aromatic heterocycles. The summed E-state index contributed by atoms with van der Waals surface area (Å²) in [7, 11) is 3.23. The third-order valence-corrected chi connectivity index (χ3v) is 4.77. The lowest BCUT2D eigenvalue weighted by Crippen LogP contribution is -2.38. The van der Waals surface area contributed by atoms with Crippen LogP contribution in [-0.2, 0) is 0 Å². The topological polar surface area (TPSA) is 78.3 Å². The number of amidine groups is 1. The van der Waals surface area contributed by atoms with Crippen molar-refractivity contribution >= 4 is 22.9 Å². The van der Waals surface area contributed by atoms with Crippen LogP contribution in [0.3, 0.4) is 0 Å². The van der Waals surface area contributed by atoms with Gasteiger partial charge >= 0.3 is 0 Å². The Labute approximate surface area is 163 Å². The van der Waals surface area contributed by atoms with E-state index in [9.17, 15) is 5.21 Å². The molecular formula is C21H22N4O3. The summed E-state index contributed by atoms with van der Waals surface area (Å²) in [4.78, 5) is 7.01. The Balaban J connectivity index is 1.67. The monoisotopic (exact) mass is 378 g/mol. The van der Waals surface area contributed by atoms with E-state index in [1.54, 1.807) is 20.3 Å². The maximum Gasteiger partial charge on any atom is 0.162 e. The highest BCUT2D eigenvalue weighted by Crippen LogP contribution is 2.32. The number of fused-ring (bicyclic) bond motifs is 1. The van der Waals surface area contributed by atoms with E-state index in [2.05, 4.69) is 28.0 Å². The van der Waals surface area contributed by atoms with Gasteiger partial charge in [0.25, 0.3) is 0 Å². The largest absolute Gasteiger partial charge is 0.493 e. The summed E-state index contributed by atoms with van der Waals surface area (Å²) in [5, 5.41) is 12.6. The van der Waals surface area contributed by atoms with Crippen LogP contribution in [0.15, 0.2) is 65.9 Å². The molecule has 0 amide bonds. The number of methoxy groups -OCH3 is 2. The molecule has 3 N–H and O–H groups in total. The minimum Gasteiger partial charge on any atom is -0.493 e. The Morgan fingerprint density at radius 3 is 2.71 bits per heavy atom. The zero-order chi connectivity index (χ0) is 19.5. The van der Waals surface area contributed by atoms with Gasteiger partial charge in [0, 0.05) is 29.7 Å². The summed E-state index contributed by atoms with van der Waals surface area (Å²) in [5.74, 6) is 2.18. The van der Waals surface area contributed by atoms with Gasteiger partial charge in [0.15, 0.2) is 11.5 Å². The SMILES string of the molecule is COc1ccc(NC2=NC(c3cccc(NO)c3)=CN3C=CCC23)cc1OC. The normalized spacial score (nSPS) is 17.5. The molecule has 0 saturated carbocycles. The molecule has 0 saturated heterocycles. The lowest BCUT2D eigenvalue weighted by Gasteiger charge is -2.29. The quantitative estimate of drug-likeness (QED) is 0.685. The van der Waals surface area contributed by atoms with Gasteiger partial charge in [-0.05, 0) is 30.7 Å². The van der Waals surface area contributed by atoms with Gasteiger partial charge in [-0.2, -0.15) is 0 Å². The molecule has 0 radical (unpaired) electrons. The number of nitrogens with one attached hydrogen (secondary N) is 2. The summed E-state index contributed by atoms with van der Waals surface area (Å²) in [6.45, 7) is 0. The molecule has 0 bridgehead atoms. The van der Waals surface area contributed by atoms with E-state index in [0.29, 0.717) is 17.2 Å². The molecule has 4 rings (SSSR count). The molecule has 1 unspecified atom stereocenters. The minimum absolute atomic E-state index is 0.121. The van der Waals surface area contributed by atoms with Crippen LogP contribution in [0.25, 0.3) is 5.70 Å². The molecule has 0 aliphatic carbocycles. The Bertz CT molecular complexity index is 968. The summed E-state index contributed by atoms with van der Waals surface area (Å²) in [6, 6.07) is 13.3. The average Bonchev–Trinajstić information content (AvgIpc) is 3.22. The number of rotatable bonds is 5. The number of hydrogen-bond donors (Lipinski definition) is 3. The first-order valence-corrected chi connectivity index (χ1v) is 8.96. The Hall–Kier alpha value is -3.45. The first-order valence-electron chi connectivity index (χ1n) is 8.96. The lowest BCUT2D eigenvalue weighted by molar-refractivity contribution is 0.355. The molecule has 28 heavy (non-hydrogen) atoms. The van der Waals surface area contributed by atoms with E-state index in [-0.39, 0.29) is 6.04 Å². The van der Waals surface area contributed by atoms with Crippen LogP contribution in [0, 0.1) is 0 Å². The van der Waals surface area contributed by atoms with Crippen LogP contribution in [0.5, 0.6) is 11.5 Å². The highest BCUT2D eigenvalue weighted by Gasteiger charge is 2.28. The van der Waals surface area contributed by atoms with E-state index in [1.165, 1.54) is 0 Å². The van der Waals surface area contributed by atoms with E-state index in [4.69, 9.17) is 14.5 Å². The van der Waals surface area contributed by atoms with Crippen molar-refractivity contribution in [2.24, 2.45) is 4.99 Å². The van der Waals surface area contributed by atoms with Crippen molar-refractivity contribution in [2.75, 3.05) is 25.0 Å². The van der Waals surface area contributed by atoms with Gasteiger partial charge in [-0.1, -0.05) is 18.2 Å². The summed E-state index contributed by atoms with van der Waals surface area (Å²) >= 11 is 0.